The van der Waals surface area contributed by atoms with Crippen LogP contribution in [0.1, 0.15) is 11.3 Å². The fourth-order valence-corrected chi connectivity index (χ4v) is 4.65. The van der Waals surface area contributed by atoms with E-state index in [-0.39, 0.29) is 0 Å². The first kappa shape index (κ1) is 21.2. The average Bonchev–Trinajstić information content (AvgIpc) is 3.23. The van der Waals surface area contributed by atoms with Gasteiger partial charge < -0.3 is 20.7 Å². The Balaban J connectivity index is 1.54. The van der Waals surface area contributed by atoms with E-state index in [1.165, 1.54) is 11.1 Å². The first-order valence-electron chi connectivity index (χ1n) is 11.2. The van der Waals surface area contributed by atoms with Crippen LogP contribution in [0.4, 0.5) is 17.2 Å². The molecular formula is C25H27N7O. The molecule has 0 spiro atoms. The van der Waals surface area contributed by atoms with Crippen molar-refractivity contribution in [3.8, 4) is 22.9 Å². The standard InChI is InChI=1S/C25H27N7O/c1-27-17-5-3-6-18(15-17)33-25-29-22-16-20-19(7-4-8-21(20)28-2)23(22)24(30-25)32-13-11-31(10-9-26)12-14-32/h3-8,15,28H,9-14,16,26H2,2H3. The molecule has 2 heterocycles. The smallest absolute Gasteiger partial charge is 0.324 e. The number of anilines is 2. The van der Waals surface area contributed by atoms with Crippen molar-refractivity contribution in [2.75, 3.05) is 56.5 Å². The zero-order valence-corrected chi connectivity index (χ0v) is 18.7. The van der Waals surface area contributed by atoms with Crippen LogP contribution in [0.25, 0.3) is 16.0 Å². The van der Waals surface area contributed by atoms with Gasteiger partial charge in [-0.05, 0) is 29.3 Å². The number of fused-ring (bicyclic) bond motifs is 3. The summed E-state index contributed by atoms with van der Waals surface area (Å²) < 4.78 is 6.06. The molecule has 1 aromatic heterocycles. The second-order valence-electron chi connectivity index (χ2n) is 8.24. The summed E-state index contributed by atoms with van der Waals surface area (Å²) in [6.07, 6.45) is 0.725. The van der Waals surface area contributed by atoms with E-state index in [2.05, 4.69) is 38.2 Å². The molecule has 8 nitrogen and oxygen atoms in total. The molecule has 2 aliphatic rings. The van der Waals surface area contributed by atoms with Crippen molar-refractivity contribution in [1.82, 2.24) is 14.9 Å². The molecule has 3 N–H and O–H groups in total. The van der Waals surface area contributed by atoms with E-state index in [0.717, 1.165) is 61.9 Å². The Morgan fingerprint density at radius 2 is 1.94 bits per heavy atom. The van der Waals surface area contributed by atoms with Crippen LogP contribution in [-0.2, 0) is 6.42 Å². The van der Waals surface area contributed by atoms with Gasteiger partial charge >= 0.3 is 6.01 Å². The number of benzene rings is 2. The number of piperazine rings is 1. The summed E-state index contributed by atoms with van der Waals surface area (Å²) in [6.45, 7) is 12.5. The molecule has 0 saturated carbocycles. The van der Waals surface area contributed by atoms with Gasteiger partial charge in [0.05, 0.1) is 12.3 Å². The molecule has 0 bridgehead atoms. The zero-order chi connectivity index (χ0) is 22.8. The van der Waals surface area contributed by atoms with Crippen LogP contribution in [0, 0.1) is 6.57 Å². The molecule has 0 amide bonds. The van der Waals surface area contributed by atoms with Gasteiger partial charge in [0.25, 0.3) is 0 Å². The Hall–Kier alpha value is -3.67. The van der Waals surface area contributed by atoms with Crippen molar-refractivity contribution in [3.05, 3.63) is 65.1 Å². The van der Waals surface area contributed by atoms with E-state index in [1.807, 2.05) is 19.2 Å². The number of hydrogen-bond acceptors (Lipinski definition) is 7. The number of aromatic nitrogens is 2. The third kappa shape index (κ3) is 4.09. The number of nitrogens with two attached hydrogens (primary N) is 1. The molecule has 1 fully saturated rings. The quantitative estimate of drug-likeness (QED) is 0.443. The SMILES string of the molecule is [C-]#[N+]c1cccc(Oc2nc3c(c(N4CCN(CCN)CC4)n2)-c2cccc(NC)c2C3)c1. The molecule has 2 aromatic carbocycles. The van der Waals surface area contributed by atoms with Gasteiger partial charge in [0.1, 0.15) is 11.6 Å². The van der Waals surface area contributed by atoms with Crippen LogP contribution < -0.4 is 20.7 Å². The Labute approximate surface area is 193 Å². The van der Waals surface area contributed by atoms with E-state index in [4.69, 9.17) is 27.0 Å². The van der Waals surface area contributed by atoms with Crippen molar-refractivity contribution >= 4 is 17.2 Å². The normalized spacial score (nSPS) is 15.0. The predicted molar refractivity (Wildman–Crippen MR) is 130 cm³/mol. The van der Waals surface area contributed by atoms with Crippen molar-refractivity contribution in [2.24, 2.45) is 5.73 Å². The molecule has 0 atom stereocenters. The lowest BCUT2D eigenvalue weighted by Crippen LogP contribution is -2.48. The van der Waals surface area contributed by atoms with Crippen LogP contribution in [0.2, 0.25) is 0 Å². The number of hydrogen-bond donors (Lipinski definition) is 2. The summed E-state index contributed by atoms with van der Waals surface area (Å²) in [4.78, 5) is 17.9. The summed E-state index contributed by atoms with van der Waals surface area (Å²) in [7, 11) is 1.95. The van der Waals surface area contributed by atoms with Gasteiger partial charge in [-0.3, -0.25) is 4.90 Å². The van der Waals surface area contributed by atoms with Crippen LogP contribution in [0.5, 0.6) is 11.8 Å². The Morgan fingerprint density at radius 1 is 1.12 bits per heavy atom. The van der Waals surface area contributed by atoms with Crippen LogP contribution in [-0.4, -0.2) is 61.2 Å². The van der Waals surface area contributed by atoms with Gasteiger partial charge in [-0.15, -0.1) is 0 Å². The second-order valence-corrected chi connectivity index (χ2v) is 8.24. The Bertz CT molecular complexity index is 1210. The minimum Gasteiger partial charge on any atom is -0.426 e. The summed E-state index contributed by atoms with van der Waals surface area (Å²) in [5.41, 5.74) is 11.9. The number of nitrogens with zero attached hydrogens (tertiary/aromatic N) is 5. The highest BCUT2D eigenvalue weighted by molar-refractivity contribution is 5.88. The predicted octanol–water partition coefficient (Wildman–Crippen LogP) is 3.51. The molecule has 0 unspecified atom stereocenters. The lowest BCUT2D eigenvalue weighted by molar-refractivity contribution is 0.264. The van der Waals surface area contributed by atoms with Crippen molar-refractivity contribution in [1.29, 1.82) is 0 Å². The summed E-state index contributed by atoms with van der Waals surface area (Å²) in [6, 6.07) is 13.7. The first-order valence-corrected chi connectivity index (χ1v) is 11.2. The maximum Gasteiger partial charge on any atom is 0.324 e. The molecule has 5 rings (SSSR count). The molecule has 3 aromatic rings. The van der Waals surface area contributed by atoms with Crippen molar-refractivity contribution in [3.63, 3.8) is 0 Å². The lowest BCUT2D eigenvalue weighted by atomic mass is 10.0. The summed E-state index contributed by atoms with van der Waals surface area (Å²) in [5, 5.41) is 3.31. The van der Waals surface area contributed by atoms with Crippen molar-refractivity contribution in [2.45, 2.75) is 6.42 Å². The molecule has 33 heavy (non-hydrogen) atoms. The van der Waals surface area contributed by atoms with Gasteiger partial charge in [-0.25, -0.2) is 4.85 Å². The molecule has 0 radical (unpaired) electrons. The Morgan fingerprint density at radius 3 is 2.70 bits per heavy atom. The van der Waals surface area contributed by atoms with E-state index in [0.29, 0.717) is 24.0 Å². The van der Waals surface area contributed by atoms with Crippen LogP contribution >= 0.6 is 0 Å². The van der Waals surface area contributed by atoms with Crippen molar-refractivity contribution < 1.29 is 4.74 Å². The van der Waals surface area contributed by atoms with Gasteiger partial charge in [-0.2, -0.15) is 9.97 Å². The number of nitrogens with one attached hydrogen (secondary N) is 1. The van der Waals surface area contributed by atoms with Crippen LogP contribution in [0.15, 0.2) is 42.5 Å². The van der Waals surface area contributed by atoms with E-state index in [9.17, 15) is 0 Å². The third-order valence-corrected chi connectivity index (χ3v) is 6.28. The minimum atomic E-state index is 0.314. The highest BCUT2D eigenvalue weighted by Crippen LogP contribution is 2.45. The van der Waals surface area contributed by atoms with E-state index >= 15 is 0 Å². The fourth-order valence-electron chi connectivity index (χ4n) is 4.65. The molecule has 1 aliphatic carbocycles. The van der Waals surface area contributed by atoms with E-state index in [1.54, 1.807) is 12.1 Å². The molecule has 1 aliphatic heterocycles. The van der Waals surface area contributed by atoms with Gasteiger partial charge in [0.15, 0.2) is 5.69 Å². The maximum absolute atomic E-state index is 7.26. The van der Waals surface area contributed by atoms with Gasteiger partial charge in [0.2, 0.25) is 0 Å². The maximum atomic E-state index is 7.26. The second kappa shape index (κ2) is 9.06. The minimum absolute atomic E-state index is 0.314. The molecule has 168 valence electrons. The molecule has 8 heteroatoms. The number of ether oxygens (including phenoxy) is 1. The number of rotatable bonds is 6. The largest absolute Gasteiger partial charge is 0.426 e. The van der Waals surface area contributed by atoms with Gasteiger partial charge in [0, 0.05) is 64.0 Å². The first-order chi connectivity index (χ1) is 16.2. The van der Waals surface area contributed by atoms with Gasteiger partial charge in [-0.1, -0.05) is 24.3 Å². The third-order valence-electron chi connectivity index (χ3n) is 6.28. The average molecular weight is 442 g/mol. The highest BCUT2D eigenvalue weighted by atomic mass is 16.5. The molecular weight excluding hydrogens is 414 g/mol. The highest BCUT2D eigenvalue weighted by Gasteiger charge is 2.31. The molecule has 1 saturated heterocycles. The summed E-state index contributed by atoms with van der Waals surface area (Å²) >= 11 is 0. The summed E-state index contributed by atoms with van der Waals surface area (Å²) in [5.74, 6) is 1.48. The topological polar surface area (TPSA) is 83.9 Å². The van der Waals surface area contributed by atoms with Crippen LogP contribution in [0.3, 0.4) is 0 Å². The Kier molecular flexibility index (Phi) is 5.82. The zero-order valence-electron chi connectivity index (χ0n) is 18.7. The van der Waals surface area contributed by atoms with E-state index < -0.39 is 0 Å². The monoisotopic (exact) mass is 441 g/mol. The fraction of sp³-hybridized carbons (Fsp3) is 0.320. The lowest BCUT2D eigenvalue weighted by Gasteiger charge is -2.36.